The fourth-order valence-corrected chi connectivity index (χ4v) is 5.39. The van der Waals surface area contributed by atoms with Gasteiger partial charge in [0.2, 0.25) is 0 Å². The normalized spacial score (nSPS) is 27.9. The summed E-state index contributed by atoms with van der Waals surface area (Å²) in [6, 6.07) is 7.27. The second-order valence-electron chi connectivity index (χ2n) is 7.41. The predicted octanol–water partition coefficient (Wildman–Crippen LogP) is 4.47. The molecule has 2 saturated carbocycles. The Morgan fingerprint density at radius 2 is 2.04 bits per heavy atom. The minimum atomic E-state index is -1.56. The number of allylic oxidation sites excluding steroid dienone is 2. The van der Waals surface area contributed by atoms with Crippen molar-refractivity contribution in [3.8, 4) is 5.75 Å². The molecule has 1 aromatic rings. The number of hydrogen-bond donors (Lipinski definition) is 2. The van der Waals surface area contributed by atoms with Crippen molar-refractivity contribution < 1.29 is 18.3 Å². The van der Waals surface area contributed by atoms with E-state index < -0.39 is 17.2 Å². The lowest BCUT2D eigenvalue weighted by Crippen LogP contribution is -2.34. The Morgan fingerprint density at radius 3 is 2.78 bits per heavy atom. The maximum atomic E-state index is 12.2. The van der Waals surface area contributed by atoms with Gasteiger partial charge in [-0.2, -0.15) is 4.21 Å². The second-order valence-corrected chi connectivity index (χ2v) is 9.25. The zero-order valence-electron chi connectivity index (χ0n) is 15.2. The number of aliphatic carboxylic acids is 1. The van der Waals surface area contributed by atoms with E-state index in [4.69, 9.17) is 9.29 Å². The molecule has 0 aliphatic heterocycles. The molecule has 0 spiro atoms. The minimum absolute atomic E-state index is 0.221. The number of carboxylic acid groups (broad SMARTS) is 1. The highest BCUT2D eigenvalue weighted by atomic mass is 79.9. The zero-order valence-corrected chi connectivity index (χ0v) is 17.6. The highest BCUT2D eigenvalue weighted by Crippen LogP contribution is 2.52. The lowest BCUT2D eigenvalue weighted by Gasteiger charge is -2.29. The summed E-state index contributed by atoms with van der Waals surface area (Å²) in [4.78, 5) is 10.6. The lowest BCUT2D eigenvalue weighted by atomic mass is 9.79. The molecule has 2 bridgehead atoms. The SMILES string of the molecule is O=C(O)CCCC=C[C@H]1[C@H]2CC[C@H](C2)[C@@H]1CNS(=O)Oc1ccc(Br)cc1. The number of halogens is 1. The van der Waals surface area contributed by atoms with Crippen LogP contribution in [-0.4, -0.2) is 21.8 Å². The number of fused-ring (bicyclic) bond motifs is 2. The van der Waals surface area contributed by atoms with Gasteiger partial charge >= 0.3 is 5.97 Å². The summed E-state index contributed by atoms with van der Waals surface area (Å²) in [5, 5.41) is 8.72. The van der Waals surface area contributed by atoms with Crippen LogP contribution in [-0.2, 0) is 16.1 Å². The third kappa shape index (κ3) is 5.90. The Morgan fingerprint density at radius 1 is 1.30 bits per heavy atom. The summed E-state index contributed by atoms with van der Waals surface area (Å²) in [7, 11) is 0. The maximum Gasteiger partial charge on any atom is 0.303 e. The molecule has 0 aromatic heterocycles. The summed E-state index contributed by atoms with van der Waals surface area (Å²) in [5.41, 5.74) is 0. The highest BCUT2D eigenvalue weighted by Gasteiger charge is 2.46. The maximum absolute atomic E-state index is 12.2. The Balaban J connectivity index is 1.48. The molecular formula is C20H26BrNO4S. The first-order valence-corrected chi connectivity index (χ1v) is 11.4. The van der Waals surface area contributed by atoms with Crippen LogP contribution >= 0.6 is 15.9 Å². The number of carbonyl (C=O) groups is 1. The first-order valence-electron chi connectivity index (χ1n) is 9.50. The van der Waals surface area contributed by atoms with Gasteiger partial charge in [-0.15, -0.1) is 0 Å². The van der Waals surface area contributed by atoms with Crippen molar-refractivity contribution in [1.29, 1.82) is 0 Å². The van der Waals surface area contributed by atoms with Crippen molar-refractivity contribution in [2.45, 2.75) is 38.5 Å². The molecule has 0 amide bonds. The average molecular weight is 456 g/mol. The van der Waals surface area contributed by atoms with Crippen LogP contribution in [0.25, 0.3) is 0 Å². The van der Waals surface area contributed by atoms with Gasteiger partial charge in [-0.25, -0.2) is 4.72 Å². The van der Waals surface area contributed by atoms with Crippen LogP contribution in [0.15, 0.2) is 40.9 Å². The quantitative estimate of drug-likeness (QED) is 0.403. The number of unbranched alkanes of at least 4 members (excludes halogenated alkanes) is 1. The molecule has 27 heavy (non-hydrogen) atoms. The van der Waals surface area contributed by atoms with Gasteiger partial charge in [0.1, 0.15) is 5.75 Å². The van der Waals surface area contributed by atoms with Crippen molar-refractivity contribution in [1.82, 2.24) is 4.72 Å². The number of carboxylic acids is 1. The summed E-state index contributed by atoms with van der Waals surface area (Å²) in [5.74, 6) is 2.19. The Labute approximate surface area is 171 Å². The van der Waals surface area contributed by atoms with Gasteiger partial charge < -0.3 is 9.29 Å². The Kier molecular flexibility index (Phi) is 7.49. The molecule has 2 fully saturated rings. The van der Waals surface area contributed by atoms with Gasteiger partial charge in [-0.1, -0.05) is 28.1 Å². The molecule has 0 radical (unpaired) electrons. The van der Waals surface area contributed by atoms with Gasteiger partial charge in [-0.05, 0) is 80.0 Å². The highest BCUT2D eigenvalue weighted by molar-refractivity contribution is 9.10. The van der Waals surface area contributed by atoms with E-state index in [2.05, 4.69) is 32.8 Å². The molecule has 0 saturated heterocycles. The summed E-state index contributed by atoms with van der Waals surface area (Å²) in [6.45, 7) is 0.675. The Bertz CT molecular complexity index is 694. The van der Waals surface area contributed by atoms with Crippen molar-refractivity contribution in [3.63, 3.8) is 0 Å². The van der Waals surface area contributed by atoms with Crippen molar-refractivity contribution in [2.75, 3.05) is 6.54 Å². The number of benzene rings is 1. The summed E-state index contributed by atoms with van der Waals surface area (Å²) in [6.07, 6.45) is 9.88. The molecule has 1 unspecified atom stereocenters. The van der Waals surface area contributed by atoms with Gasteiger partial charge in [0, 0.05) is 17.4 Å². The van der Waals surface area contributed by atoms with Crippen LogP contribution in [0, 0.1) is 23.7 Å². The molecule has 0 heterocycles. The van der Waals surface area contributed by atoms with Gasteiger partial charge in [0.15, 0.2) is 0 Å². The van der Waals surface area contributed by atoms with E-state index in [0.29, 0.717) is 42.4 Å². The summed E-state index contributed by atoms with van der Waals surface area (Å²) >= 11 is 1.81. The third-order valence-corrected chi connectivity index (χ3v) is 6.97. The van der Waals surface area contributed by atoms with Gasteiger partial charge in [-0.3, -0.25) is 4.79 Å². The van der Waals surface area contributed by atoms with Crippen LogP contribution in [0.2, 0.25) is 0 Å². The molecule has 2 aliphatic rings. The van der Waals surface area contributed by atoms with Crippen molar-refractivity contribution in [3.05, 3.63) is 40.9 Å². The molecule has 2 N–H and O–H groups in total. The van der Waals surface area contributed by atoms with Crippen LogP contribution in [0.5, 0.6) is 5.75 Å². The molecular weight excluding hydrogens is 430 g/mol. The summed E-state index contributed by atoms with van der Waals surface area (Å²) < 4.78 is 21.7. The van der Waals surface area contributed by atoms with E-state index in [1.54, 1.807) is 12.1 Å². The third-order valence-electron chi connectivity index (χ3n) is 5.70. The molecule has 148 valence electrons. The standard InChI is InChI=1S/C20H26BrNO4S/c21-16-8-10-17(11-9-16)26-27(25)22-13-19-15-7-6-14(12-15)18(19)4-2-1-3-5-20(23)24/h2,4,8-11,14-15,18-19,22H,1,3,5-7,12-13H2,(H,23,24)/t14-,15+,18-,19-,27?/m0/s1. The van der Waals surface area contributed by atoms with E-state index in [9.17, 15) is 9.00 Å². The zero-order chi connectivity index (χ0) is 19.2. The van der Waals surface area contributed by atoms with Gasteiger partial charge in [0.25, 0.3) is 11.3 Å². The predicted molar refractivity (Wildman–Crippen MR) is 109 cm³/mol. The lowest BCUT2D eigenvalue weighted by molar-refractivity contribution is -0.137. The van der Waals surface area contributed by atoms with E-state index in [0.717, 1.165) is 10.9 Å². The first kappa shape index (κ1) is 20.6. The van der Waals surface area contributed by atoms with Crippen LogP contribution < -0.4 is 8.91 Å². The first-order chi connectivity index (χ1) is 13.0. The fraction of sp³-hybridized carbons (Fsp3) is 0.550. The number of hydrogen-bond acceptors (Lipinski definition) is 3. The van der Waals surface area contributed by atoms with Crippen LogP contribution in [0.3, 0.4) is 0 Å². The molecule has 2 aliphatic carbocycles. The van der Waals surface area contributed by atoms with Gasteiger partial charge in [0.05, 0.1) is 0 Å². The van der Waals surface area contributed by atoms with E-state index >= 15 is 0 Å². The van der Waals surface area contributed by atoms with E-state index in [1.165, 1.54) is 19.3 Å². The average Bonchev–Trinajstić information content (AvgIpc) is 3.23. The van der Waals surface area contributed by atoms with Crippen LogP contribution in [0.4, 0.5) is 0 Å². The Hall–Kier alpha value is -1.18. The molecule has 7 heteroatoms. The second kappa shape index (κ2) is 9.85. The van der Waals surface area contributed by atoms with E-state index in [1.807, 2.05) is 12.1 Å². The monoisotopic (exact) mass is 455 g/mol. The number of nitrogens with one attached hydrogen (secondary N) is 1. The number of rotatable bonds is 10. The molecule has 5 atom stereocenters. The van der Waals surface area contributed by atoms with Crippen LogP contribution in [0.1, 0.15) is 38.5 Å². The van der Waals surface area contributed by atoms with Crippen molar-refractivity contribution in [2.24, 2.45) is 23.7 Å². The molecule has 3 rings (SSSR count). The fourth-order valence-electron chi connectivity index (χ4n) is 4.45. The topological polar surface area (TPSA) is 75.6 Å². The molecule has 1 aromatic carbocycles. The minimum Gasteiger partial charge on any atom is -0.481 e. The smallest absolute Gasteiger partial charge is 0.303 e. The van der Waals surface area contributed by atoms with Crippen molar-refractivity contribution >= 4 is 33.2 Å². The molecule has 5 nitrogen and oxygen atoms in total. The largest absolute Gasteiger partial charge is 0.481 e. The van der Waals surface area contributed by atoms with E-state index in [-0.39, 0.29) is 6.42 Å².